The predicted octanol–water partition coefficient (Wildman–Crippen LogP) is 1.38. The Morgan fingerprint density at radius 2 is 2.00 bits per heavy atom. The third-order valence-corrected chi connectivity index (χ3v) is 2.08. The standard InChI is InChI=1S/C13H18N2O/c1-15(2)11-10-14-13(16)9-8-12-6-4-3-5-7-12/h3-9H,10-11H2,1-2H3,(H,14,16)/b9-8+. The Hall–Kier alpha value is -1.61. The van der Waals surface area contributed by atoms with Crippen LogP contribution >= 0.6 is 0 Å². The third kappa shape index (κ3) is 5.32. The van der Waals surface area contributed by atoms with Crippen molar-refractivity contribution >= 4 is 12.0 Å². The van der Waals surface area contributed by atoms with Crippen LogP contribution in [0, 0.1) is 0 Å². The molecule has 0 aliphatic heterocycles. The molecule has 0 atom stereocenters. The van der Waals surface area contributed by atoms with Gasteiger partial charge < -0.3 is 10.2 Å². The predicted molar refractivity (Wildman–Crippen MR) is 67.0 cm³/mol. The fraction of sp³-hybridized carbons (Fsp3) is 0.308. The Kier molecular flexibility index (Phi) is 5.29. The molecule has 0 unspecified atom stereocenters. The lowest BCUT2D eigenvalue weighted by atomic mass is 10.2. The molecule has 0 spiro atoms. The smallest absolute Gasteiger partial charge is 0.244 e. The molecule has 0 aliphatic rings. The van der Waals surface area contributed by atoms with Crippen LogP contribution in [0.3, 0.4) is 0 Å². The summed E-state index contributed by atoms with van der Waals surface area (Å²) in [6, 6.07) is 9.77. The van der Waals surface area contributed by atoms with Gasteiger partial charge in [-0.05, 0) is 25.7 Å². The third-order valence-electron chi connectivity index (χ3n) is 2.08. The van der Waals surface area contributed by atoms with Crippen molar-refractivity contribution in [3.63, 3.8) is 0 Å². The number of hydrogen-bond acceptors (Lipinski definition) is 2. The van der Waals surface area contributed by atoms with E-state index in [1.807, 2.05) is 55.4 Å². The molecule has 0 bridgehead atoms. The number of amides is 1. The average molecular weight is 218 g/mol. The second-order valence-electron chi connectivity index (χ2n) is 3.84. The van der Waals surface area contributed by atoms with Crippen LogP contribution in [-0.2, 0) is 4.79 Å². The Balaban J connectivity index is 2.32. The summed E-state index contributed by atoms with van der Waals surface area (Å²) in [6.45, 7) is 1.52. The molecule has 0 saturated heterocycles. The minimum atomic E-state index is -0.0503. The van der Waals surface area contributed by atoms with Gasteiger partial charge in [-0.25, -0.2) is 0 Å². The fourth-order valence-corrected chi connectivity index (χ4v) is 1.20. The highest BCUT2D eigenvalue weighted by Gasteiger charge is 1.95. The summed E-state index contributed by atoms with van der Waals surface area (Å²) >= 11 is 0. The Morgan fingerprint density at radius 3 is 2.62 bits per heavy atom. The molecule has 0 saturated carbocycles. The number of hydrogen-bond donors (Lipinski definition) is 1. The van der Waals surface area contributed by atoms with Crippen LogP contribution < -0.4 is 5.32 Å². The van der Waals surface area contributed by atoms with Crippen molar-refractivity contribution in [3.05, 3.63) is 42.0 Å². The molecule has 1 rings (SSSR count). The molecule has 0 aromatic heterocycles. The highest BCUT2D eigenvalue weighted by Crippen LogP contribution is 2.00. The van der Waals surface area contributed by atoms with Crippen LogP contribution in [0.5, 0.6) is 0 Å². The van der Waals surface area contributed by atoms with Gasteiger partial charge in [-0.3, -0.25) is 4.79 Å². The van der Waals surface area contributed by atoms with Gasteiger partial charge in [-0.1, -0.05) is 30.3 Å². The second-order valence-corrected chi connectivity index (χ2v) is 3.84. The van der Waals surface area contributed by atoms with E-state index in [1.165, 1.54) is 0 Å². The maximum Gasteiger partial charge on any atom is 0.244 e. The quantitative estimate of drug-likeness (QED) is 0.757. The second kappa shape index (κ2) is 6.80. The molecule has 86 valence electrons. The zero-order valence-corrected chi connectivity index (χ0v) is 9.81. The van der Waals surface area contributed by atoms with Crippen LogP contribution in [0.15, 0.2) is 36.4 Å². The molecule has 0 heterocycles. The van der Waals surface area contributed by atoms with Crippen molar-refractivity contribution in [3.8, 4) is 0 Å². The molecule has 1 aromatic rings. The maximum atomic E-state index is 11.4. The van der Waals surface area contributed by atoms with E-state index >= 15 is 0 Å². The van der Waals surface area contributed by atoms with Crippen molar-refractivity contribution in [1.29, 1.82) is 0 Å². The highest BCUT2D eigenvalue weighted by atomic mass is 16.1. The molecule has 0 fully saturated rings. The zero-order chi connectivity index (χ0) is 11.8. The van der Waals surface area contributed by atoms with Gasteiger partial charge in [0, 0.05) is 19.2 Å². The first-order valence-corrected chi connectivity index (χ1v) is 5.34. The van der Waals surface area contributed by atoms with E-state index in [9.17, 15) is 4.79 Å². The number of benzene rings is 1. The average Bonchev–Trinajstić information content (AvgIpc) is 2.27. The fourth-order valence-electron chi connectivity index (χ4n) is 1.20. The van der Waals surface area contributed by atoms with E-state index < -0.39 is 0 Å². The van der Waals surface area contributed by atoms with E-state index in [2.05, 4.69) is 5.32 Å². The molecule has 1 aromatic carbocycles. The lowest BCUT2D eigenvalue weighted by Crippen LogP contribution is -2.30. The summed E-state index contributed by atoms with van der Waals surface area (Å²) < 4.78 is 0. The van der Waals surface area contributed by atoms with E-state index in [1.54, 1.807) is 6.08 Å². The van der Waals surface area contributed by atoms with Gasteiger partial charge in [0.15, 0.2) is 0 Å². The monoisotopic (exact) mass is 218 g/mol. The maximum absolute atomic E-state index is 11.4. The van der Waals surface area contributed by atoms with Gasteiger partial charge in [-0.2, -0.15) is 0 Å². The van der Waals surface area contributed by atoms with Gasteiger partial charge in [0.25, 0.3) is 0 Å². The number of rotatable bonds is 5. The molecular formula is C13H18N2O. The molecule has 1 amide bonds. The largest absolute Gasteiger partial charge is 0.351 e. The van der Waals surface area contributed by atoms with Crippen molar-refractivity contribution in [2.45, 2.75) is 0 Å². The van der Waals surface area contributed by atoms with Gasteiger partial charge in [-0.15, -0.1) is 0 Å². The summed E-state index contributed by atoms with van der Waals surface area (Å²) in [7, 11) is 3.96. The summed E-state index contributed by atoms with van der Waals surface area (Å²) in [5, 5.41) is 2.82. The molecule has 16 heavy (non-hydrogen) atoms. The van der Waals surface area contributed by atoms with Gasteiger partial charge >= 0.3 is 0 Å². The topological polar surface area (TPSA) is 32.3 Å². The lowest BCUT2D eigenvalue weighted by molar-refractivity contribution is -0.116. The lowest BCUT2D eigenvalue weighted by Gasteiger charge is -2.08. The normalized spacial score (nSPS) is 10.9. The van der Waals surface area contributed by atoms with Crippen LogP contribution in [0.4, 0.5) is 0 Å². The first kappa shape index (κ1) is 12.5. The van der Waals surface area contributed by atoms with Gasteiger partial charge in [0.1, 0.15) is 0 Å². The zero-order valence-electron chi connectivity index (χ0n) is 9.81. The van der Waals surface area contributed by atoms with E-state index in [0.717, 1.165) is 12.1 Å². The molecular weight excluding hydrogens is 200 g/mol. The summed E-state index contributed by atoms with van der Waals surface area (Å²) in [4.78, 5) is 13.4. The Labute approximate surface area is 96.8 Å². The van der Waals surface area contributed by atoms with Crippen LogP contribution in [0.25, 0.3) is 6.08 Å². The molecule has 0 aliphatic carbocycles. The van der Waals surface area contributed by atoms with Crippen molar-refractivity contribution < 1.29 is 4.79 Å². The molecule has 1 N–H and O–H groups in total. The molecule has 3 heteroatoms. The van der Waals surface area contributed by atoms with Crippen LogP contribution in [0.2, 0.25) is 0 Å². The van der Waals surface area contributed by atoms with Crippen molar-refractivity contribution in [1.82, 2.24) is 10.2 Å². The van der Waals surface area contributed by atoms with E-state index in [0.29, 0.717) is 6.54 Å². The first-order valence-electron chi connectivity index (χ1n) is 5.34. The molecule has 0 radical (unpaired) electrons. The summed E-state index contributed by atoms with van der Waals surface area (Å²) in [6.07, 6.45) is 3.37. The van der Waals surface area contributed by atoms with Gasteiger partial charge in [0.05, 0.1) is 0 Å². The van der Waals surface area contributed by atoms with E-state index in [-0.39, 0.29) is 5.91 Å². The van der Waals surface area contributed by atoms with Crippen molar-refractivity contribution in [2.24, 2.45) is 0 Å². The summed E-state index contributed by atoms with van der Waals surface area (Å²) in [5.74, 6) is -0.0503. The Morgan fingerprint density at radius 1 is 1.31 bits per heavy atom. The number of carbonyl (C=O) groups is 1. The van der Waals surface area contributed by atoms with Crippen molar-refractivity contribution in [2.75, 3.05) is 27.2 Å². The number of likely N-dealkylation sites (N-methyl/N-ethyl adjacent to an activating group) is 1. The first-order chi connectivity index (χ1) is 7.68. The van der Waals surface area contributed by atoms with Gasteiger partial charge in [0.2, 0.25) is 5.91 Å². The summed E-state index contributed by atoms with van der Waals surface area (Å²) in [5.41, 5.74) is 1.03. The number of carbonyl (C=O) groups excluding carboxylic acids is 1. The highest BCUT2D eigenvalue weighted by molar-refractivity contribution is 5.91. The minimum Gasteiger partial charge on any atom is -0.351 e. The number of nitrogens with one attached hydrogen (secondary N) is 1. The minimum absolute atomic E-state index is 0.0503. The molecule has 3 nitrogen and oxygen atoms in total. The van der Waals surface area contributed by atoms with Crippen LogP contribution in [0.1, 0.15) is 5.56 Å². The SMILES string of the molecule is CN(C)CCNC(=O)/C=C/c1ccccc1. The van der Waals surface area contributed by atoms with E-state index in [4.69, 9.17) is 0 Å². The number of nitrogens with zero attached hydrogens (tertiary/aromatic N) is 1. The Bertz CT molecular complexity index is 344. The van der Waals surface area contributed by atoms with Crippen LogP contribution in [-0.4, -0.2) is 38.0 Å².